The van der Waals surface area contributed by atoms with Gasteiger partial charge < -0.3 is 14.6 Å². The molecular weight excluding hydrogens is 334 g/mol. The third kappa shape index (κ3) is 7.40. The van der Waals surface area contributed by atoms with Crippen LogP contribution in [0.25, 0.3) is 0 Å². The van der Waals surface area contributed by atoms with Gasteiger partial charge in [0.05, 0.1) is 0 Å². The molecule has 1 unspecified atom stereocenters. The Balaban J connectivity index is 3.07. The fourth-order valence-corrected chi connectivity index (χ4v) is 2.95. The van der Waals surface area contributed by atoms with Crippen LogP contribution in [0, 0.1) is 10.1 Å². The lowest BCUT2D eigenvalue weighted by atomic mass is 9.95. The number of aliphatic hydroxyl groups excluding tert-OH is 1. The minimum atomic E-state index is -1.02. The summed E-state index contributed by atoms with van der Waals surface area (Å²) in [6.07, 6.45) is 5.33. The van der Waals surface area contributed by atoms with Crippen molar-refractivity contribution in [3.05, 3.63) is 45.0 Å². The van der Waals surface area contributed by atoms with E-state index in [1.807, 2.05) is 32.0 Å². The van der Waals surface area contributed by atoms with Gasteiger partial charge in [-0.2, -0.15) is 0 Å². The van der Waals surface area contributed by atoms with Crippen LogP contribution in [0.1, 0.15) is 69.4 Å². The van der Waals surface area contributed by atoms with Crippen LogP contribution < -0.4 is 0 Å². The molecule has 0 radical (unpaired) electrons. The monoisotopic (exact) mass is 367 g/mol. The molecule has 0 spiro atoms. The fourth-order valence-electron chi connectivity index (χ4n) is 2.95. The topological polar surface area (TPSA) is 81.8 Å². The summed E-state index contributed by atoms with van der Waals surface area (Å²) in [5.41, 5.74) is 2.82. The smallest absolute Gasteiger partial charge is 0.239 e. The number of aliphatic hydroxyl groups is 1. The van der Waals surface area contributed by atoms with Gasteiger partial charge in [0.2, 0.25) is 6.04 Å². The molecule has 0 aromatic heterocycles. The van der Waals surface area contributed by atoms with Crippen molar-refractivity contribution < 1.29 is 19.5 Å². The summed E-state index contributed by atoms with van der Waals surface area (Å²) < 4.78 is 11.5. The first-order valence-electron chi connectivity index (χ1n) is 9.66. The molecular formula is C20H33NO5. The zero-order chi connectivity index (χ0) is 19.4. The van der Waals surface area contributed by atoms with E-state index in [0.29, 0.717) is 13.2 Å². The first-order chi connectivity index (χ1) is 12.6. The Morgan fingerprint density at radius 1 is 1.12 bits per heavy atom. The lowest BCUT2D eigenvalue weighted by molar-refractivity contribution is -0.525. The van der Waals surface area contributed by atoms with Crippen molar-refractivity contribution in [1.29, 1.82) is 0 Å². The summed E-state index contributed by atoms with van der Waals surface area (Å²) in [5, 5.41) is 20.4. The van der Waals surface area contributed by atoms with Gasteiger partial charge in [0.15, 0.2) is 6.29 Å². The van der Waals surface area contributed by atoms with Crippen molar-refractivity contribution in [2.24, 2.45) is 0 Å². The number of nitrogens with zero attached hydrogens (tertiary/aromatic N) is 1. The zero-order valence-electron chi connectivity index (χ0n) is 16.3. The van der Waals surface area contributed by atoms with Crippen molar-refractivity contribution in [2.45, 2.75) is 71.6 Å². The number of unbranched alkanes of at least 4 members (excludes halogenated alkanes) is 3. The molecule has 1 aromatic carbocycles. The molecule has 1 atom stereocenters. The Labute approximate surface area is 156 Å². The lowest BCUT2D eigenvalue weighted by Crippen LogP contribution is -2.27. The number of rotatable bonds is 14. The third-order valence-electron chi connectivity index (χ3n) is 4.38. The van der Waals surface area contributed by atoms with Crippen LogP contribution >= 0.6 is 0 Å². The molecule has 1 N–H and O–H groups in total. The van der Waals surface area contributed by atoms with Gasteiger partial charge in [0.1, 0.15) is 6.61 Å². The molecule has 0 aliphatic heterocycles. The Kier molecular flexibility index (Phi) is 11.1. The highest BCUT2D eigenvalue weighted by atomic mass is 16.7. The number of ether oxygens (including phenoxy) is 2. The molecule has 0 saturated heterocycles. The van der Waals surface area contributed by atoms with Crippen molar-refractivity contribution in [3.8, 4) is 0 Å². The summed E-state index contributed by atoms with van der Waals surface area (Å²) in [5.74, 6) is 0. The molecule has 1 rings (SSSR count). The van der Waals surface area contributed by atoms with E-state index in [1.165, 1.54) is 24.8 Å². The van der Waals surface area contributed by atoms with Crippen LogP contribution in [-0.2, 0) is 22.3 Å². The van der Waals surface area contributed by atoms with Gasteiger partial charge in [-0.25, -0.2) is 0 Å². The fraction of sp³-hybridized carbons (Fsp3) is 0.700. The quantitative estimate of drug-likeness (QED) is 0.232. The Hall–Kier alpha value is -1.50. The van der Waals surface area contributed by atoms with Gasteiger partial charge in [0.25, 0.3) is 0 Å². The molecule has 0 amide bonds. The number of hydrogen-bond acceptors (Lipinski definition) is 5. The van der Waals surface area contributed by atoms with Crippen LogP contribution in [0.3, 0.4) is 0 Å². The van der Waals surface area contributed by atoms with Gasteiger partial charge in [-0.15, -0.1) is 0 Å². The number of benzene rings is 1. The molecule has 0 aliphatic carbocycles. The maximum atomic E-state index is 11.1. The predicted molar refractivity (Wildman–Crippen MR) is 102 cm³/mol. The third-order valence-corrected chi connectivity index (χ3v) is 4.38. The maximum absolute atomic E-state index is 11.1. The second kappa shape index (κ2) is 12.8. The van der Waals surface area contributed by atoms with E-state index < -0.39 is 23.9 Å². The van der Waals surface area contributed by atoms with Crippen molar-refractivity contribution in [1.82, 2.24) is 0 Å². The highest BCUT2D eigenvalue weighted by Gasteiger charge is 2.24. The summed E-state index contributed by atoms with van der Waals surface area (Å²) in [6, 6.07) is 4.97. The molecule has 0 fully saturated rings. The molecule has 0 heterocycles. The predicted octanol–water partition coefficient (Wildman–Crippen LogP) is 4.06. The lowest BCUT2D eigenvalue weighted by Gasteiger charge is -2.22. The zero-order valence-corrected chi connectivity index (χ0v) is 16.3. The van der Waals surface area contributed by atoms with Gasteiger partial charge in [-0.1, -0.05) is 44.4 Å². The maximum Gasteiger partial charge on any atom is 0.239 e. The highest BCUT2D eigenvalue weighted by molar-refractivity contribution is 5.34. The molecule has 0 bridgehead atoms. The molecule has 1 aromatic rings. The molecule has 0 aliphatic rings. The average Bonchev–Trinajstić information content (AvgIpc) is 2.63. The van der Waals surface area contributed by atoms with Gasteiger partial charge >= 0.3 is 0 Å². The Bertz CT molecular complexity index is 529. The second-order valence-corrected chi connectivity index (χ2v) is 6.41. The largest absolute Gasteiger partial charge is 0.389 e. The van der Waals surface area contributed by atoms with Gasteiger partial charge in [-0.05, 0) is 37.8 Å². The van der Waals surface area contributed by atoms with E-state index in [2.05, 4.69) is 6.92 Å². The molecule has 6 heteroatoms. The summed E-state index contributed by atoms with van der Waals surface area (Å²) >= 11 is 0. The number of nitro groups is 1. The van der Waals surface area contributed by atoms with E-state index >= 15 is 0 Å². The van der Waals surface area contributed by atoms with E-state index in [1.54, 1.807) is 0 Å². The van der Waals surface area contributed by atoms with Crippen LogP contribution in [0.15, 0.2) is 18.2 Å². The number of aryl methyl sites for hydroxylation is 1. The van der Waals surface area contributed by atoms with E-state index in [0.717, 1.165) is 24.0 Å². The summed E-state index contributed by atoms with van der Waals surface area (Å²) in [7, 11) is 0. The van der Waals surface area contributed by atoms with Crippen LogP contribution in [0.4, 0.5) is 0 Å². The Morgan fingerprint density at radius 3 is 2.35 bits per heavy atom. The van der Waals surface area contributed by atoms with E-state index in [9.17, 15) is 15.2 Å². The SMILES string of the molecule is CCCCCCc1ccc(CC(CO)[N+](=O)[O-])c(C(OCC)OCC)c1. The summed E-state index contributed by atoms with van der Waals surface area (Å²) in [4.78, 5) is 10.7. The molecule has 26 heavy (non-hydrogen) atoms. The number of hydrogen-bond donors (Lipinski definition) is 1. The summed E-state index contributed by atoms with van der Waals surface area (Å²) in [6.45, 7) is 6.47. The first-order valence-corrected chi connectivity index (χ1v) is 9.66. The van der Waals surface area contributed by atoms with Crippen LogP contribution in [0.2, 0.25) is 0 Å². The second-order valence-electron chi connectivity index (χ2n) is 6.41. The molecule has 0 saturated carbocycles. The van der Waals surface area contributed by atoms with E-state index in [-0.39, 0.29) is 6.42 Å². The minimum Gasteiger partial charge on any atom is -0.389 e. The Morgan fingerprint density at radius 2 is 1.81 bits per heavy atom. The van der Waals surface area contributed by atoms with E-state index in [4.69, 9.17) is 9.47 Å². The van der Waals surface area contributed by atoms with Crippen molar-refractivity contribution >= 4 is 0 Å². The standard InChI is InChI=1S/C20H33NO5/c1-4-7-8-9-10-16-11-12-17(14-18(15-22)21(23)24)19(13-16)20(25-5-2)26-6-3/h11-13,18,20,22H,4-10,14-15H2,1-3H3. The van der Waals surface area contributed by atoms with Crippen molar-refractivity contribution in [2.75, 3.05) is 19.8 Å². The molecule has 6 nitrogen and oxygen atoms in total. The van der Waals surface area contributed by atoms with Gasteiger partial charge in [-0.3, -0.25) is 10.1 Å². The molecule has 148 valence electrons. The van der Waals surface area contributed by atoms with Gasteiger partial charge in [0, 0.05) is 30.1 Å². The first kappa shape index (κ1) is 22.5. The van der Waals surface area contributed by atoms with Crippen LogP contribution in [-0.4, -0.2) is 35.9 Å². The van der Waals surface area contributed by atoms with Crippen molar-refractivity contribution in [3.63, 3.8) is 0 Å². The highest BCUT2D eigenvalue weighted by Crippen LogP contribution is 2.26. The minimum absolute atomic E-state index is 0.158. The average molecular weight is 367 g/mol. The van der Waals surface area contributed by atoms with Crippen LogP contribution in [0.5, 0.6) is 0 Å². The normalized spacial score (nSPS) is 12.5.